The lowest BCUT2D eigenvalue weighted by Gasteiger charge is -2.19. The number of anilines is 1. The fourth-order valence-electron chi connectivity index (χ4n) is 1.91. The number of pyridine rings is 1. The minimum atomic E-state index is -2.97. The van der Waals surface area contributed by atoms with Crippen molar-refractivity contribution in [3.05, 3.63) is 41.7 Å². The minimum absolute atomic E-state index is 0.0150. The van der Waals surface area contributed by atoms with Crippen molar-refractivity contribution >= 4 is 23.5 Å². The van der Waals surface area contributed by atoms with E-state index in [1.807, 2.05) is 6.07 Å². The molecule has 0 aliphatic heterocycles. The van der Waals surface area contributed by atoms with Gasteiger partial charge in [-0.15, -0.1) is 0 Å². The second-order valence-corrected chi connectivity index (χ2v) is 6.54. The highest BCUT2D eigenvalue weighted by molar-refractivity contribution is 7.97. The summed E-state index contributed by atoms with van der Waals surface area (Å²) in [4.78, 5) is 16.1. The zero-order valence-corrected chi connectivity index (χ0v) is 15.0. The Morgan fingerprint density at radius 2 is 2.19 bits per heavy atom. The number of carbonyl (C=O) groups is 1. The number of hydrogen-bond donors (Lipinski definition) is 2. The van der Waals surface area contributed by atoms with E-state index in [1.165, 1.54) is 43.1 Å². The van der Waals surface area contributed by atoms with E-state index in [1.54, 1.807) is 0 Å². The Morgan fingerprint density at radius 3 is 2.81 bits per heavy atom. The molecule has 0 aliphatic carbocycles. The van der Waals surface area contributed by atoms with Gasteiger partial charge in [-0.1, -0.05) is 0 Å². The van der Waals surface area contributed by atoms with Gasteiger partial charge in [-0.3, -0.25) is 9.52 Å². The molecule has 2 aromatic rings. The van der Waals surface area contributed by atoms with Gasteiger partial charge in [0.05, 0.1) is 10.9 Å². The molecule has 0 fully saturated rings. The number of carbonyl (C=O) groups excluding carboxylic acids is 1. The third-order valence-electron chi connectivity index (χ3n) is 3.54. The standard InChI is InChI=1S/C16H16F3N5OS/c1-9(16(2,18)19)23-26-12-8-24(3)14(13(12)17)15(25)22-10-4-5-21-11(6-10)7-20/h4-6,8-9,23H,1-3H3,(H,21,22,25). The van der Waals surface area contributed by atoms with E-state index in [4.69, 9.17) is 5.26 Å². The highest BCUT2D eigenvalue weighted by Gasteiger charge is 2.31. The molecule has 0 spiro atoms. The first-order chi connectivity index (χ1) is 12.1. The summed E-state index contributed by atoms with van der Waals surface area (Å²) in [6, 6.07) is 3.45. The zero-order valence-electron chi connectivity index (χ0n) is 14.2. The maximum atomic E-state index is 14.5. The first kappa shape index (κ1) is 19.8. The Balaban J connectivity index is 2.16. The van der Waals surface area contributed by atoms with Crippen LogP contribution in [0.25, 0.3) is 0 Å². The number of amides is 1. The summed E-state index contributed by atoms with van der Waals surface area (Å²) in [5.41, 5.74) is 0.124. The molecule has 0 aliphatic rings. The average Bonchev–Trinajstić information content (AvgIpc) is 2.85. The first-order valence-electron chi connectivity index (χ1n) is 7.46. The molecule has 2 aromatic heterocycles. The molecular weight excluding hydrogens is 367 g/mol. The van der Waals surface area contributed by atoms with Gasteiger partial charge in [0, 0.05) is 32.1 Å². The molecular formula is C16H16F3N5OS. The third kappa shape index (κ3) is 4.56. The van der Waals surface area contributed by atoms with E-state index >= 15 is 0 Å². The number of aromatic nitrogens is 2. The predicted octanol–water partition coefficient (Wildman–Crippen LogP) is 3.32. The van der Waals surface area contributed by atoms with Crippen molar-refractivity contribution in [2.45, 2.75) is 30.7 Å². The largest absolute Gasteiger partial charge is 0.343 e. The van der Waals surface area contributed by atoms with Gasteiger partial charge < -0.3 is 9.88 Å². The van der Waals surface area contributed by atoms with Crippen LogP contribution >= 0.6 is 11.9 Å². The quantitative estimate of drug-likeness (QED) is 0.748. The van der Waals surface area contributed by atoms with Gasteiger partial charge in [0.25, 0.3) is 11.8 Å². The van der Waals surface area contributed by atoms with Crippen LogP contribution in [0.2, 0.25) is 0 Å². The van der Waals surface area contributed by atoms with Gasteiger partial charge in [0.15, 0.2) is 5.82 Å². The molecule has 10 heteroatoms. The number of alkyl halides is 2. The molecule has 2 rings (SSSR count). The minimum Gasteiger partial charge on any atom is -0.343 e. The Morgan fingerprint density at radius 1 is 1.50 bits per heavy atom. The van der Waals surface area contributed by atoms with Crippen molar-refractivity contribution in [3.63, 3.8) is 0 Å². The third-order valence-corrected chi connectivity index (χ3v) is 4.52. The van der Waals surface area contributed by atoms with Crippen molar-refractivity contribution in [2.24, 2.45) is 7.05 Å². The number of hydrogen-bond acceptors (Lipinski definition) is 5. The van der Waals surface area contributed by atoms with Crippen molar-refractivity contribution in [2.75, 3.05) is 5.32 Å². The van der Waals surface area contributed by atoms with Gasteiger partial charge in [-0.25, -0.2) is 18.2 Å². The summed E-state index contributed by atoms with van der Waals surface area (Å²) in [6.07, 6.45) is 2.67. The van der Waals surface area contributed by atoms with Crippen LogP contribution in [0.5, 0.6) is 0 Å². The highest BCUT2D eigenvalue weighted by atomic mass is 32.2. The Bertz CT molecular complexity index is 857. The van der Waals surface area contributed by atoms with Crippen LogP contribution in [-0.2, 0) is 7.05 Å². The van der Waals surface area contributed by atoms with Gasteiger partial charge >= 0.3 is 0 Å². The Labute approximate surface area is 152 Å². The summed E-state index contributed by atoms with van der Waals surface area (Å²) < 4.78 is 44.6. The lowest BCUT2D eigenvalue weighted by Crippen LogP contribution is -2.36. The smallest absolute Gasteiger partial charge is 0.275 e. The molecule has 0 saturated carbocycles. The van der Waals surface area contributed by atoms with Crippen LogP contribution < -0.4 is 10.0 Å². The van der Waals surface area contributed by atoms with E-state index in [0.29, 0.717) is 11.9 Å². The Kier molecular flexibility index (Phi) is 5.94. The molecule has 0 saturated heterocycles. The van der Waals surface area contributed by atoms with Crippen LogP contribution in [0.4, 0.5) is 18.9 Å². The summed E-state index contributed by atoms with van der Waals surface area (Å²) in [6.45, 7) is 2.04. The monoisotopic (exact) mass is 383 g/mol. The predicted molar refractivity (Wildman–Crippen MR) is 91.4 cm³/mol. The van der Waals surface area contributed by atoms with Crippen LogP contribution in [0.15, 0.2) is 29.4 Å². The molecule has 6 nitrogen and oxygen atoms in total. The van der Waals surface area contributed by atoms with Crippen molar-refractivity contribution < 1.29 is 18.0 Å². The van der Waals surface area contributed by atoms with Crippen LogP contribution in [0.1, 0.15) is 30.0 Å². The van der Waals surface area contributed by atoms with E-state index in [2.05, 4.69) is 15.0 Å². The number of rotatable bonds is 6. The molecule has 0 bridgehead atoms. The highest BCUT2D eigenvalue weighted by Crippen LogP contribution is 2.27. The zero-order chi connectivity index (χ0) is 19.5. The normalized spacial score (nSPS) is 12.5. The summed E-state index contributed by atoms with van der Waals surface area (Å²) in [5.74, 6) is -4.54. The lowest BCUT2D eigenvalue weighted by molar-refractivity contribution is -0.00399. The molecule has 138 valence electrons. The van der Waals surface area contributed by atoms with Crippen LogP contribution in [0.3, 0.4) is 0 Å². The number of nitrogens with zero attached hydrogens (tertiary/aromatic N) is 3. The molecule has 0 aromatic carbocycles. The second-order valence-electron chi connectivity index (χ2n) is 5.66. The fourth-order valence-corrected chi connectivity index (χ4v) is 2.82. The molecule has 2 heterocycles. The molecule has 26 heavy (non-hydrogen) atoms. The molecule has 1 unspecified atom stereocenters. The molecule has 1 amide bonds. The number of nitrogens with one attached hydrogen (secondary N) is 2. The summed E-state index contributed by atoms with van der Waals surface area (Å²) in [7, 11) is 1.47. The van der Waals surface area contributed by atoms with E-state index < -0.39 is 23.7 Å². The van der Waals surface area contributed by atoms with Crippen LogP contribution in [0, 0.1) is 17.1 Å². The van der Waals surface area contributed by atoms with Crippen molar-refractivity contribution in [1.29, 1.82) is 5.26 Å². The number of nitriles is 1. The number of halogens is 3. The SMILES string of the molecule is CC(NSc1cn(C)c(C(=O)Nc2ccnc(C#N)c2)c1F)C(C)(F)F. The van der Waals surface area contributed by atoms with E-state index in [0.717, 1.165) is 6.92 Å². The molecule has 0 radical (unpaired) electrons. The van der Waals surface area contributed by atoms with Crippen molar-refractivity contribution in [3.8, 4) is 6.07 Å². The van der Waals surface area contributed by atoms with Gasteiger partial charge in [-0.2, -0.15) is 5.26 Å². The average molecular weight is 383 g/mol. The number of aryl methyl sites for hydroxylation is 1. The lowest BCUT2D eigenvalue weighted by atomic mass is 10.2. The van der Waals surface area contributed by atoms with Gasteiger partial charge in [0.1, 0.15) is 17.5 Å². The first-order valence-corrected chi connectivity index (χ1v) is 8.27. The van der Waals surface area contributed by atoms with Crippen LogP contribution in [-0.4, -0.2) is 27.4 Å². The van der Waals surface area contributed by atoms with E-state index in [9.17, 15) is 18.0 Å². The Hall–Kier alpha value is -2.51. The maximum absolute atomic E-state index is 14.5. The van der Waals surface area contributed by atoms with Gasteiger partial charge in [-0.05, 0) is 31.0 Å². The summed E-state index contributed by atoms with van der Waals surface area (Å²) >= 11 is 0.688. The fraction of sp³-hybridized carbons (Fsp3) is 0.312. The molecule has 2 N–H and O–H groups in total. The van der Waals surface area contributed by atoms with E-state index in [-0.39, 0.29) is 22.0 Å². The molecule has 1 atom stereocenters. The van der Waals surface area contributed by atoms with Crippen molar-refractivity contribution in [1.82, 2.24) is 14.3 Å². The second kappa shape index (κ2) is 7.80. The topological polar surface area (TPSA) is 82.7 Å². The van der Waals surface area contributed by atoms with Gasteiger partial charge in [0.2, 0.25) is 0 Å². The summed E-state index contributed by atoms with van der Waals surface area (Å²) in [5, 5.41) is 11.3. The maximum Gasteiger partial charge on any atom is 0.275 e.